The smallest absolute Gasteiger partial charge is 0.298 e. The minimum atomic E-state index is -4.20. The summed E-state index contributed by atoms with van der Waals surface area (Å²) in [6.45, 7) is 1.96. The van der Waals surface area contributed by atoms with Crippen LogP contribution in [0.3, 0.4) is 0 Å². The van der Waals surface area contributed by atoms with Gasteiger partial charge in [-0.2, -0.15) is 18.4 Å². The molecule has 0 aliphatic heterocycles. The van der Waals surface area contributed by atoms with E-state index in [-0.39, 0.29) is 18.5 Å². The first kappa shape index (κ1) is 15.6. The van der Waals surface area contributed by atoms with Crippen molar-refractivity contribution in [3.05, 3.63) is 0 Å². The number of rotatable bonds is 8. The van der Waals surface area contributed by atoms with Gasteiger partial charge in [-0.25, -0.2) is 0 Å². The first-order chi connectivity index (χ1) is 9.40. The average molecular weight is 289 g/mol. The van der Waals surface area contributed by atoms with Crippen molar-refractivity contribution in [2.24, 2.45) is 5.92 Å². The molecule has 0 aromatic rings. The fourth-order valence-electron chi connectivity index (χ4n) is 2.72. The van der Waals surface area contributed by atoms with Crippen LogP contribution in [0.5, 0.6) is 0 Å². The number of nitrogens with zero attached hydrogens (tertiary/aromatic N) is 2. The van der Waals surface area contributed by atoms with Gasteiger partial charge in [0.2, 0.25) is 0 Å². The highest BCUT2D eigenvalue weighted by molar-refractivity contribution is 5.17. The van der Waals surface area contributed by atoms with Crippen molar-refractivity contribution in [3.8, 4) is 6.07 Å². The molecule has 2 saturated carbocycles. The maximum absolute atomic E-state index is 12.7. The Morgan fingerprint density at radius 3 is 2.25 bits per heavy atom. The normalized spacial score (nSPS) is 22.6. The number of nitriles is 1. The monoisotopic (exact) mass is 289 g/mol. The van der Waals surface area contributed by atoms with E-state index in [1.165, 1.54) is 4.90 Å². The van der Waals surface area contributed by atoms with Crippen LogP contribution in [0.15, 0.2) is 0 Å². The molecule has 1 atom stereocenters. The van der Waals surface area contributed by atoms with Crippen molar-refractivity contribution in [1.82, 2.24) is 10.2 Å². The van der Waals surface area contributed by atoms with Gasteiger partial charge in [-0.05, 0) is 44.6 Å². The van der Waals surface area contributed by atoms with Crippen molar-refractivity contribution >= 4 is 0 Å². The molecule has 3 nitrogen and oxygen atoms in total. The summed E-state index contributed by atoms with van der Waals surface area (Å²) in [4.78, 5) is 1.46. The summed E-state index contributed by atoms with van der Waals surface area (Å²) < 4.78 is 38.1. The first-order valence-electron chi connectivity index (χ1n) is 7.37. The highest BCUT2D eigenvalue weighted by Gasteiger charge is 2.49. The predicted octanol–water partition coefficient (Wildman–Crippen LogP) is 2.69. The molecule has 0 saturated heterocycles. The third-order valence-corrected chi connectivity index (χ3v) is 4.06. The number of nitrogens with one attached hydrogen (secondary N) is 1. The van der Waals surface area contributed by atoms with E-state index in [0.29, 0.717) is 6.54 Å². The topological polar surface area (TPSA) is 39.1 Å². The predicted molar refractivity (Wildman–Crippen MR) is 70.0 cm³/mol. The quantitative estimate of drug-likeness (QED) is 0.746. The Labute approximate surface area is 118 Å². The summed E-state index contributed by atoms with van der Waals surface area (Å²) in [6.07, 6.45) is 0.187. The lowest BCUT2D eigenvalue weighted by Crippen LogP contribution is -2.56. The zero-order chi connectivity index (χ0) is 14.8. The third-order valence-electron chi connectivity index (χ3n) is 4.06. The average Bonchev–Trinajstić information content (AvgIpc) is 3.23. The summed E-state index contributed by atoms with van der Waals surface area (Å²) in [5, 5.41) is 12.8. The molecule has 0 heterocycles. The van der Waals surface area contributed by atoms with Crippen LogP contribution in [-0.4, -0.2) is 42.3 Å². The standard InChI is InChI=1S/C14H22F3N3/c1-2-7-19-13(8-18,11-3-4-11)9-20(12-5-6-12)10-14(15,16)17/h11-12,19H,2-7,9-10H2,1H3. The second-order valence-electron chi connectivity index (χ2n) is 6.04. The zero-order valence-electron chi connectivity index (χ0n) is 11.8. The van der Waals surface area contributed by atoms with Crippen LogP contribution >= 0.6 is 0 Å². The maximum atomic E-state index is 12.7. The SMILES string of the molecule is CCCNC(C#N)(CN(CC(F)(F)F)C1CC1)C1CC1. The summed E-state index contributed by atoms with van der Waals surface area (Å²) in [5.74, 6) is 0.202. The van der Waals surface area contributed by atoms with Crippen molar-refractivity contribution in [3.63, 3.8) is 0 Å². The molecule has 2 aliphatic rings. The molecule has 0 amide bonds. The van der Waals surface area contributed by atoms with Crippen LogP contribution in [0.25, 0.3) is 0 Å². The van der Waals surface area contributed by atoms with Crippen molar-refractivity contribution in [2.45, 2.75) is 56.8 Å². The number of hydrogen-bond donors (Lipinski definition) is 1. The Hall–Kier alpha value is -0.800. The molecule has 114 valence electrons. The van der Waals surface area contributed by atoms with Gasteiger partial charge in [0.05, 0.1) is 12.6 Å². The second-order valence-corrected chi connectivity index (χ2v) is 6.04. The first-order valence-corrected chi connectivity index (χ1v) is 7.37. The molecule has 2 fully saturated rings. The molecule has 0 spiro atoms. The number of alkyl halides is 3. The molecular weight excluding hydrogens is 267 g/mol. The molecular formula is C14H22F3N3. The van der Waals surface area contributed by atoms with Gasteiger partial charge in [-0.15, -0.1) is 0 Å². The minimum absolute atomic E-state index is 0.00604. The van der Waals surface area contributed by atoms with E-state index >= 15 is 0 Å². The van der Waals surface area contributed by atoms with E-state index in [1.807, 2.05) is 6.92 Å². The molecule has 6 heteroatoms. The molecule has 1 unspecified atom stereocenters. The van der Waals surface area contributed by atoms with Crippen LogP contribution in [0.1, 0.15) is 39.0 Å². The lowest BCUT2D eigenvalue weighted by Gasteiger charge is -2.35. The number of halogens is 3. The van der Waals surface area contributed by atoms with Gasteiger partial charge in [0.25, 0.3) is 0 Å². The van der Waals surface area contributed by atoms with E-state index in [0.717, 1.165) is 32.1 Å². The molecule has 0 radical (unpaired) electrons. The molecule has 20 heavy (non-hydrogen) atoms. The van der Waals surface area contributed by atoms with Crippen LogP contribution in [-0.2, 0) is 0 Å². The van der Waals surface area contributed by atoms with E-state index in [1.54, 1.807) is 0 Å². The highest BCUT2D eigenvalue weighted by atomic mass is 19.4. The summed E-state index contributed by atoms with van der Waals surface area (Å²) in [5.41, 5.74) is -0.802. The maximum Gasteiger partial charge on any atom is 0.401 e. The van der Waals surface area contributed by atoms with Gasteiger partial charge in [-0.1, -0.05) is 6.92 Å². The molecule has 0 bridgehead atoms. The van der Waals surface area contributed by atoms with Gasteiger partial charge in [-0.3, -0.25) is 10.2 Å². The van der Waals surface area contributed by atoms with E-state index < -0.39 is 18.3 Å². The molecule has 0 aromatic heterocycles. The fraction of sp³-hybridized carbons (Fsp3) is 0.929. The third kappa shape index (κ3) is 4.10. The summed E-state index contributed by atoms with van der Waals surface area (Å²) in [7, 11) is 0. The Bertz CT molecular complexity index is 369. The lowest BCUT2D eigenvalue weighted by molar-refractivity contribution is -0.148. The van der Waals surface area contributed by atoms with Gasteiger partial charge < -0.3 is 0 Å². The summed E-state index contributed by atoms with van der Waals surface area (Å²) >= 11 is 0. The highest BCUT2D eigenvalue weighted by Crippen LogP contribution is 2.42. The molecule has 1 N–H and O–H groups in total. The van der Waals surface area contributed by atoms with Gasteiger partial charge >= 0.3 is 6.18 Å². The van der Waals surface area contributed by atoms with Crippen molar-refractivity contribution in [2.75, 3.05) is 19.6 Å². The largest absolute Gasteiger partial charge is 0.401 e. The Balaban J connectivity index is 2.06. The zero-order valence-corrected chi connectivity index (χ0v) is 11.8. The van der Waals surface area contributed by atoms with Gasteiger partial charge in [0, 0.05) is 12.6 Å². The second kappa shape index (κ2) is 5.90. The summed E-state index contributed by atoms with van der Waals surface area (Å²) in [6, 6.07) is 2.30. The fourth-order valence-corrected chi connectivity index (χ4v) is 2.72. The van der Waals surface area contributed by atoms with E-state index in [9.17, 15) is 18.4 Å². The van der Waals surface area contributed by atoms with Gasteiger partial charge in [0.1, 0.15) is 5.54 Å². The number of hydrogen-bond acceptors (Lipinski definition) is 3. The van der Waals surface area contributed by atoms with Crippen molar-refractivity contribution in [1.29, 1.82) is 5.26 Å². The molecule has 2 aliphatic carbocycles. The Kier molecular flexibility index (Phi) is 4.60. The van der Waals surface area contributed by atoms with Crippen LogP contribution in [0.2, 0.25) is 0 Å². The minimum Gasteiger partial charge on any atom is -0.298 e. The van der Waals surface area contributed by atoms with E-state index in [2.05, 4.69) is 11.4 Å². The Morgan fingerprint density at radius 1 is 1.20 bits per heavy atom. The van der Waals surface area contributed by atoms with Crippen LogP contribution in [0, 0.1) is 17.2 Å². The molecule has 0 aromatic carbocycles. The van der Waals surface area contributed by atoms with Crippen LogP contribution in [0.4, 0.5) is 13.2 Å². The lowest BCUT2D eigenvalue weighted by atomic mass is 9.93. The van der Waals surface area contributed by atoms with Crippen LogP contribution < -0.4 is 5.32 Å². The Morgan fingerprint density at radius 2 is 1.85 bits per heavy atom. The van der Waals surface area contributed by atoms with Crippen molar-refractivity contribution < 1.29 is 13.2 Å². The van der Waals surface area contributed by atoms with E-state index in [4.69, 9.17) is 0 Å². The molecule has 2 rings (SSSR count). The van der Waals surface area contributed by atoms with Gasteiger partial charge in [0.15, 0.2) is 0 Å².